The van der Waals surface area contributed by atoms with Gasteiger partial charge in [0.05, 0.1) is 0 Å². The zero-order chi connectivity index (χ0) is 11.8. The third-order valence-corrected chi connectivity index (χ3v) is 2.31. The van der Waals surface area contributed by atoms with Gasteiger partial charge in [-0.3, -0.25) is 4.79 Å². The smallest absolute Gasteiger partial charge is 0.220 e. The van der Waals surface area contributed by atoms with E-state index in [0.717, 1.165) is 18.8 Å². The highest BCUT2D eigenvalue weighted by Gasteiger charge is 2.03. The fourth-order valence-electron chi connectivity index (χ4n) is 1.36. The highest BCUT2D eigenvalue weighted by molar-refractivity contribution is 5.75. The molecule has 6 heteroatoms. The molecule has 0 fully saturated rings. The van der Waals surface area contributed by atoms with Crippen molar-refractivity contribution in [1.82, 2.24) is 25.4 Å². The van der Waals surface area contributed by atoms with Gasteiger partial charge in [-0.2, -0.15) is 0 Å². The average Bonchev–Trinajstić information content (AvgIpc) is 2.65. The van der Waals surface area contributed by atoms with Crippen molar-refractivity contribution in [3.8, 4) is 0 Å². The molecular weight excluding hydrogens is 206 g/mol. The lowest BCUT2D eigenvalue weighted by Crippen LogP contribution is -2.26. The van der Waals surface area contributed by atoms with Crippen molar-refractivity contribution in [2.24, 2.45) is 7.05 Å². The minimum atomic E-state index is 0.0948. The van der Waals surface area contributed by atoms with Crippen LogP contribution in [0.2, 0.25) is 0 Å². The van der Waals surface area contributed by atoms with Crippen LogP contribution in [0.4, 0.5) is 0 Å². The standard InChI is InChI=1S/C10H19N5O/c1-11-6-3-4-10(16)12-7-5-9-14-13-8-15(9)2/h8,11H,3-7H2,1-2H3,(H,12,16). The highest BCUT2D eigenvalue weighted by Crippen LogP contribution is 1.92. The molecular formula is C10H19N5O. The summed E-state index contributed by atoms with van der Waals surface area (Å²) in [4.78, 5) is 11.3. The number of carbonyl (C=O) groups excluding carboxylic acids is 1. The third-order valence-electron chi connectivity index (χ3n) is 2.31. The van der Waals surface area contributed by atoms with Gasteiger partial charge in [-0.05, 0) is 20.0 Å². The van der Waals surface area contributed by atoms with Crippen molar-refractivity contribution in [2.45, 2.75) is 19.3 Å². The Morgan fingerprint density at radius 3 is 2.94 bits per heavy atom. The number of hydrogen-bond donors (Lipinski definition) is 2. The number of hydrogen-bond acceptors (Lipinski definition) is 4. The van der Waals surface area contributed by atoms with Crippen LogP contribution in [0.5, 0.6) is 0 Å². The Hall–Kier alpha value is -1.43. The third kappa shape index (κ3) is 4.39. The van der Waals surface area contributed by atoms with E-state index >= 15 is 0 Å². The monoisotopic (exact) mass is 225 g/mol. The summed E-state index contributed by atoms with van der Waals surface area (Å²) in [5.41, 5.74) is 0. The maximum atomic E-state index is 11.3. The second-order valence-corrected chi connectivity index (χ2v) is 3.67. The molecule has 0 unspecified atom stereocenters. The first-order valence-electron chi connectivity index (χ1n) is 5.48. The van der Waals surface area contributed by atoms with Gasteiger partial charge in [0.25, 0.3) is 0 Å². The van der Waals surface area contributed by atoms with Gasteiger partial charge in [0.1, 0.15) is 12.2 Å². The predicted octanol–water partition coefficient (Wildman–Crippen LogP) is -0.527. The number of nitrogens with zero attached hydrogens (tertiary/aromatic N) is 3. The molecule has 0 aliphatic heterocycles. The van der Waals surface area contributed by atoms with Crippen molar-refractivity contribution in [1.29, 1.82) is 0 Å². The molecule has 0 saturated carbocycles. The maximum absolute atomic E-state index is 11.3. The fourth-order valence-corrected chi connectivity index (χ4v) is 1.36. The van der Waals surface area contributed by atoms with Crippen LogP contribution in [0.15, 0.2) is 6.33 Å². The van der Waals surface area contributed by atoms with E-state index in [4.69, 9.17) is 0 Å². The summed E-state index contributed by atoms with van der Waals surface area (Å²) in [5.74, 6) is 0.980. The normalized spacial score (nSPS) is 10.4. The lowest BCUT2D eigenvalue weighted by atomic mass is 10.3. The zero-order valence-electron chi connectivity index (χ0n) is 9.86. The van der Waals surface area contributed by atoms with Crippen LogP contribution >= 0.6 is 0 Å². The van der Waals surface area contributed by atoms with Crippen LogP contribution in [0, 0.1) is 0 Å². The summed E-state index contributed by atoms with van der Waals surface area (Å²) in [6.45, 7) is 1.49. The van der Waals surface area contributed by atoms with Crippen LogP contribution in [0.25, 0.3) is 0 Å². The molecule has 2 N–H and O–H groups in total. The van der Waals surface area contributed by atoms with Gasteiger partial charge in [-0.15, -0.1) is 10.2 Å². The number of nitrogens with one attached hydrogen (secondary N) is 2. The van der Waals surface area contributed by atoms with E-state index in [2.05, 4.69) is 20.8 Å². The first-order chi connectivity index (χ1) is 7.74. The number of amides is 1. The lowest BCUT2D eigenvalue weighted by Gasteiger charge is -2.04. The van der Waals surface area contributed by atoms with Crippen LogP contribution in [0.1, 0.15) is 18.7 Å². The zero-order valence-corrected chi connectivity index (χ0v) is 9.86. The maximum Gasteiger partial charge on any atom is 0.220 e. The molecule has 0 bridgehead atoms. The highest BCUT2D eigenvalue weighted by atomic mass is 16.1. The second-order valence-electron chi connectivity index (χ2n) is 3.67. The Bertz CT molecular complexity index is 323. The van der Waals surface area contributed by atoms with Crippen molar-refractivity contribution >= 4 is 5.91 Å². The van der Waals surface area contributed by atoms with Crippen LogP contribution in [-0.2, 0) is 18.3 Å². The Morgan fingerprint density at radius 2 is 2.31 bits per heavy atom. The molecule has 1 aromatic rings. The SMILES string of the molecule is CNCCCC(=O)NCCc1nncn1C. The summed E-state index contributed by atoms with van der Waals surface area (Å²) in [7, 11) is 3.77. The van der Waals surface area contributed by atoms with E-state index in [0.29, 0.717) is 19.4 Å². The quantitative estimate of drug-likeness (QED) is 0.612. The molecule has 0 spiro atoms. The molecule has 0 aliphatic rings. The average molecular weight is 225 g/mol. The van der Waals surface area contributed by atoms with Crippen molar-refractivity contribution in [2.75, 3.05) is 20.1 Å². The first kappa shape index (κ1) is 12.6. The second kappa shape index (κ2) is 6.95. The van der Waals surface area contributed by atoms with Crippen molar-refractivity contribution in [3.05, 3.63) is 12.2 Å². The van der Waals surface area contributed by atoms with Gasteiger partial charge < -0.3 is 15.2 Å². The van der Waals surface area contributed by atoms with Crippen molar-refractivity contribution in [3.63, 3.8) is 0 Å². The molecule has 16 heavy (non-hydrogen) atoms. The molecule has 1 heterocycles. The van der Waals surface area contributed by atoms with Crippen LogP contribution in [-0.4, -0.2) is 40.8 Å². The number of carbonyl (C=O) groups is 1. The van der Waals surface area contributed by atoms with Gasteiger partial charge in [-0.25, -0.2) is 0 Å². The number of rotatable bonds is 7. The molecule has 90 valence electrons. The molecule has 1 aromatic heterocycles. The molecule has 0 aliphatic carbocycles. The summed E-state index contributed by atoms with van der Waals surface area (Å²) in [6.07, 6.45) is 3.81. The number of aryl methyl sites for hydroxylation is 1. The molecule has 0 aromatic carbocycles. The van der Waals surface area contributed by atoms with Gasteiger partial charge in [0, 0.05) is 26.4 Å². The lowest BCUT2D eigenvalue weighted by molar-refractivity contribution is -0.121. The molecule has 1 rings (SSSR count). The molecule has 1 amide bonds. The molecule has 0 saturated heterocycles. The van der Waals surface area contributed by atoms with Gasteiger partial charge in [0.2, 0.25) is 5.91 Å². The minimum absolute atomic E-state index is 0.0948. The van der Waals surface area contributed by atoms with Gasteiger partial charge in [0.15, 0.2) is 0 Å². The Kier molecular flexibility index (Phi) is 5.49. The van der Waals surface area contributed by atoms with E-state index in [9.17, 15) is 4.79 Å². The van der Waals surface area contributed by atoms with Gasteiger partial charge in [-0.1, -0.05) is 0 Å². The molecule has 0 atom stereocenters. The molecule has 6 nitrogen and oxygen atoms in total. The Morgan fingerprint density at radius 1 is 1.50 bits per heavy atom. The predicted molar refractivity (Wildman–Crippen MR) is 60.9 cm³/mol. The number of aromatic nitrogens is 3. The Labute approximate surface area is 95.4 Å². The summed E-state index contributed by atoms with van der Waals surface area (Å²) < 4.78 is 1.85. The van der Waals surface area contributed by atoms with Crippen molar-refractivity contribution < 1.29 is 4.79 Å². The fraction of sp³-hybridized carbons (Fsp3) is 0.700. The van der Waals surface area contributed by atoms with E-state index in [1.54, 1.807) is 6.33 Å². The topological polar surface area (TPSA) is 71.8 Å². The summed E-state index contributed by atoms with van der Waals surface area (Å²) >= 11 is 0. The van der Waals surface area contributed by atoms with E-state index in [1.807, 2.05) is 18.7 Å². The van der Waals surface area contributed by atoms with Gasteiger partial charge >= 0.3 is 0 Å². The van der Waals surface area contributed by atoms with E-state index < -0.39 is 0 Å². The van der Waals surface area contributed by atoms with Crippen LogP contribution < -0.4 is 10.6 Å². The Balaban J connectivity index is 2.11. The van der Waals surface area contributed by atoms with E-state index in [-0.39, 0.29) is 5.91 Å². The largest absolute Gasteiger partial charge is 0.356 e. The first-order valence-corrected chi connectivity index (χ1v) is 5.48. The van der Waals surface area contributed by atoms with Crippen LogP contribution in [0.3, 0.4) is 0 Å². The summed E-state index contributed by atoms with van der Waals surface area (Å²) in [6, 6.07) is 0. The summed E-state index contributed by atoms with van der Waals surface area (Å²) in [5, 5.41) is 13.6. The van der Waals surface area contributed by atoms with E-state index in [1.165, 1.54) is 0 Å². The minimum Gasteiger partial charge on any atom is -0.356 e. The molecule has 0 radical (unpaired) electrons.